The van der Waals surface area contributed by atoms with Gasteiger partial charge < -0.3 is 14.2 Å². The number of methoxy groups -OCH3 is 3. The molecular weight excluding hydrogens is 332 g/mol. The molecule has 0 saturated carbocycles. The van der Waals surface area contributed by atoms with Crippen LogP contribution < -0.4 is 19.6 Å². The normalized spacial score (nSPS) is 10.5. The molecule has 2 aromatic rings. The molecule has 0 fully saturated rings. The smallest absolute Gasteiger partial charge is 0.271 e. The second kappa shape index (κ2) is 8.21. The van der Waals surface area contributed by atoms with Crippen molar-refractivity contribution in [3.8, 4) is 17.2 Å². The van der Waals surface area contributed by atoms with E-state index in [1.165, 1.54) is 27.5 Å². The number of hydrogen-bond acceptors (Lipinski definition) is 5. The van der Waals surface area contributed by atoms with Gasteiger partial charge in [-0.1, -0.05) is 29.8 Å². The summed E-state index contributed by atoms with van der Waals surface area (Å²) < 4.78 is 15.7. The summed E-state index contributed by atoms with van der Waals surface area (Å²) in [6, 6.07) is 10.3. The highest BCUT2D eigenvalue weighted by atomic mass is 35.5. The zero-order valence-electron chi connectivity index (χ0n) is 13.5. The summed E-state index contributed by atoms with van der Waals surface area (Å²) in [5.41, 5.74) is 3.45. The van der Waals surface area contributed by atoms with Gasteiger partial charge in [-0.05, 0) is 18.2 Å². The van der Waals surface area contributed by atoms with Crippen LogP contribution in [0, 0.1) is 0 Å². The molecule has 0 heterocycles. The quantitative estimate of drug-likeness (QED) is 0.643. The van der Waals surface area contributed by atoms with Gasteiger partial charge in [-0.15, -0.1) is 0 Å². The number of ether oxygens (including phenoxy) is 3. The van der Waals surface area contributed by atoms with Crippen molar-refractivity contribution in [3.63, 3.8) is 0 Å². The molecule has 0 atom stereocenters. The fourth-order valence-corrected chi connectivity index (χ4v) is 2.20. The second-order valence-electron chi connectivity index (χ2n) is 4.63. The number of hydrogen-bond donors (Lipinski definition) is 1. The van der Waals surface area contributed by atoms with Crippen LogP contribution in [0.4, 0.5) is 0 Å². The second-order valence-corrected chi connectivity index (χ2v) is 5.04. The van der Waals surface area contributed by atoms with E-state index in [0.717, 1.165) is 0 Å². The number of nitrogens with one attached hydrogen (secondary N) is 1. The number of carbonyl (C=O) groups is 1. The first kappa shape index (κ1) is 17.6. The average molecular weight is 349 g/mol. The molecule has 0 radical (unpaired) electrons. The number of nitrogens with zero attached hydrogens (tertiary/aromatic N) is 1. The van der Waals surface area contributed by atoms with Crippen LogP contribution in [0.15, 0.2) is 41.5 Å². The van der Waals surface area contributed by atoms with E-state index in [1.54, 1.807) is 24.3 Å². The molecule has 0 bridgehead atoms. The van der Waals surface area contributed by atoms with Gasteiger partial charge in [0.1, 0.15) is 0 Å². The Bertz CT molecular complexity index is 737. The summed E-state index contributed by atoms with van der Waals surface area (Å²) in [6.07, 6.45) is 1.47. The first-order valence-electron chi connectivity index (χ1n) is 6.98. The third-order valence-corrected chi connectivity index (χ3v) is 3.55. The van der Waals surface area contributed by atoms with E-state index in [2.05, 4.69) is 10.5 Å². The van der Waals surface area contributed by atoms with Crippen molar-refractivity contribution < 1.29 is 19.0 Å². The summed E-state index contributed by atoms with van der Waals surface area (Å²) in [5, 5.41) is 4.46. The Balaban J connectivity index is 2.19. The molecule has 6 nitrogen and oxygen atoms in total. The van der Waals surface area contributed by atoms with Crippen molar-refractivity contribution in [1.82, 2.24) is 5.43 Å². The molecule has 126 valence electrons. The van der Waals surface area contributed by atoms with Gasteiger partial charge >= 0.3 is 0 Å². The predicted molar refractivity (Wildman–Crippen MR) is 92.6 cm³/mol. The van der Waals surface area contributed by atoms with E-state index >= 15 is 0 Å². The minimum atomic E-state index is -0.419. The number of halogens is 1. The van der Waals surface area contributed by atoms with E-state index in [1.807, 2.05) is 12.1 Å². The van der Waals surface area contributed by atoms with E-state index < -0.39 is 5.91 Å². The lowest BCUT2D eigenvalue weighted by atomic mass is 10.1. The van der Waals surface area contributed by atoms with Gasteiger partial charge in [0.15, 0.2) is 11.5 Å². The van der Waals surface area contributed by atoms with Gasteiger partial charge in [0.25, 0.3) is 5.91 Å². The van der Waals surface area contributed by atoms with E-state index in [9.17, 15) is 4.79 Å². The Hall–Kier alpha value is -2.73. The van der Waals surface area contributed by atoms with Gasteiger partial charge in [0, 0.05) is 16.1 Å². The number of carbonyl (C=O) groups excluding carboxylic acids is 1. The van der Waals surface area contributed by atoms with Crippen molar-refractivity contribution >= 4 is 23.7 Å². The third kappa shape index (κ3) is 3.97. The molecule has 7 heteroatoms. The lowest BCUT2D eigenvalue weighted by Crippen LogP contribution is -2.18. The van der Waals surface area contributed by atoms with E-state index in [0.29, 0.717) is 33.4 Å². The van der Waals surface area contributed by atoms with Crippen molar-refractivity contribution in [1.29, 1.82) is 0 Å². The summed E-state index contributed by atoms with van der Waals surface area (Å²) in [7, 11) is 4.46. The molecule has 1 N–H and O–H groups in total. The zero-order chi connectivity index (χ0) is 17.5. The highest BCUT2D eigenvalue weighted by Crippen LogP contribution is 2.38. The maximum absolute atomic E-state index is 12.2. The van der Waals surface area contributed by atoms with Gasteiger partial charge in [-0.25, -0.2) is 5.43 Å². The Morgan fingerprint density at radius 3 is 2.25 bits per heavy atom. The number of hydrazone groups is 1. The lowest BCUT2D eigenvalue weighted by molar-refractivity contribution is 0.0954. The topological polar surface area (TPSA) is 69.2 Å². The fourth-order valence-electron chi connectivity index (χ4n) is 2.02. The van der Waals surface area contributed by atoms with E-state index in [-0.39, 0.29) is 0 Å². The van der Waals surface area contributed by atoms with Crippen LogP contribution in [0.2, 0.25) is 5.02 Å². The summed E-state index contributed by atoms with van der Waals surface area (Å²) in [5.74, 6) is 0.767. The largest absolute Gasteiger partial charge is 0.493 e. The minimum absolute atomic E-state index is 0.320. The molecule has 2 rings (SSSR count). The highest BCUT2D eigenvalue weighted by Gasteiger charge is 2.16. The van der Waals surface area contributed by atoms with Gasteiger partial charge in [-0.2, -0.15) is 5.10 Å². The van der Waals surface area contributed by atoms with Crippen LogP contribution in [0.1, 0.15) is 15.9 Å². The molecule has 0 aliphatic carbocycles. The first-order chi connectivity index (χ1) is 11.6. The Morgan fingerprint density at radius 2 is 1.71 bits per heavy atom. The monoisotopic (exact) mass is 348 g/mol. The molecule has 0 spiro atoms. The van der Waals surface area contributed by atoms with Crippen molar-refractivity contribution in [3.05, 3.63) is 52.5 Å². The molecule has 24 heavy (non-hydrogen) atoms. The van der Waals surface area contributed by atoms with Crippen LogP contribution >= 0.6 is 11.6 Å². The minimum Gasteiger partial charge on any atom is -0.493 e. The van der Waals surface area contributed by atoms with E-state index in [4.69, 9.17) is 25.8 Å². The fraction of sp³-hybridized carbons (Fsp3) is 0.176. The third-order valence-electron chi connectivity index (χ3n) is 3.20. The van der Waals surface area contributed by atoms with Crippen LogP contribution in [0.5, 0.6) is 17.2 Å². The molecule has 1 amide bonds. The predicted octanol–water partition coefficient (Wildman–Crippen LogP) is 3.13. The number of amides is 1. The van der Waals surface area contributed by atoms with Crippen molar-refractivity contribution in [2.24, 2.45) is 5.10 Å². The summed E-state index contributed by atoms with van der Waals surface area (Å²) in [6.45, 7) is 0. The molecule has 0 unspecified atom stereocenters. The summed E-state index contributed by atoms with van der Waals surface area (Å²) >= 11 is 6.02. The highest BCUT2D eigenvalue weighted by molar-refractivity contribution is 6.33. The molecule has 0 aliphatic heterocycles. The molecular formula is C17H17ClN2O4. The molecule has 0 aliphatic rings. The Labute approximate surface area is 145 Å². The maximum atomic E-state index is 12.2. The standard InChI is InChI=1S/C17H17ClN2O4/c1-22-14-8-12(9-15(23-2)16(14)24-3)17(21)20-19-10-11-6-4-5-7-13(11)18/h4-10H,1-3H3,(H,20,21)/b19-10+. The molecule has 0 saturated heterocycles. The lowest BCUT2D eigenvalue weighted by Gasteiger charge is -2.13. The van der Waals surface area contributed by atoms with Gasteiger partial charge in [0.2, 0.25) is 5.75 Å². The van der Waals surface area contributed by atoms with Gasteiger partial charge in [-0.3, -0.25) is 4.79 Å². The first-order valence-corrected chi connectivity index (χ1v) is 7.36. The van der Waals surface area contributed by atoms with Crippen molar-refractivity contribution in [2.75, 3.05) is 21.3 Å². The molecule has 0 aromatic heterocycles. The van der Waals surface area contributed by atoms with Crippen molar-refractivity contribution in [2.45, 2.75) is 0 Å². The van der Waals surface area contributed by atoms with Crippen LogP contribution in [0.25, 0.3) is 0 Å². The molecule has 2 aromatic carbocycles. The number of rotatable bonds is 6. The SMILES string of the molecule is COc1cc(C(=O)N/N=C/c2ccccc2Cl)cc(OC)c1OC. The zero-order valence-corrected chi connectivity index (χ0v) is 14.3. The van der Waals surface area contributed by atoms with Crippen LogP contribution in [-0.2, 0) is 0 Å². The van der Waals surface area contributed by atoms with Crippen LogP contribution in [-0.4, -0.2) is 33.5 Å². The summed E-state index contributed by atoms with van der Waals surface area (Å²) in [4.78, 5) is 12.2. The Morgan fingerprint density at radius 1 is 1.08 bits per heavy atom. The van der Waals surface area contributed by atoms with Crippen LogP contribution in [0.3, 0.4) is 0 Å². The average Bonchev–Trinajstić information content (AvgIpc) is 2.61. The maximum Gasteiger partial charge on any atom is 0.271 e. The van der Waals surface area contributed by atoms with Gasteiger partial charge in [0.05, 0.1) is 27.5 Å². The number of benzene rings is 2. The Kier molecular flexibility index (Phi) is 6.03.